The molecule has 1 N–H and O–H groups in total. The molecule has 2 heteroatoms. The molecule has 2 saturated carbocycles. The van der Waals surface area contributed by atoms with Crippen molar-refractivity contribution in [3.8, 4) is 0 Å². The molecule has 2 aliphatic rings. The van der Waals surface area contributed by atoms with Crippen molar-refractivity contribution >= 4 is 5.78 Å². The van der Waals surface area contributed by atoms with Crippen molar-refractivity contribution in [1.29, 1.82) is 0 Å². The van der Waals surface area contributed by atoms with Crippen LogP contribution in [0.1, 0.15) is 46.0 Å². The van der Waals surface area contributed by atoms with Crippen LogP contribution in [0.5, 0.6) is 0 Å². The fraction of sp³-hybridized carbons (Fsp3) is 0.917. The first-order chi connectivity index (χ1) is 6.54. The molecule has 80 valence electrons. The molecule has 14 heavy (non-hydrogen) atoms. The van der Waals surface area contributed by atoms with E-state index in [0.29, 0.717) is 5.78 Å². The second kappa shape index (κ2) is 3.34. The summed E-state index contributed by atoms with van der Waals surface area (Å²) in [6.45, 7) is 4.25. The number of fused-ring (bicyclic) bond motifs is 1. The van der Waals surface area contributed by atoms with Crippen molar-refractivity contribution in [2.24, 2.45) is 17.3 Å². The highest BCUT2D eigenvalue weighted by Crippen LogP contribution is 2.51. The quantitative estimate of drug-likeness (QED) is 0.644. The maximum atomic E-state index is 11.6. The Hall–Kier alpha value is -0.370. The van der Waals surface area contributed by atoms with Gasteiger partial charge in [0.1, 0.15) is 5.78 Å². The summed E-state index contributed by atoms with van der Waals surface area (Å²) in [5.74, 6) is 0.648. The van der Waals surface area contributed by atoms with Crippen LogP contribution in [0, 0.1) is 17.3 Å². The standard InChI is InChI=1S/C12H20O2/c1-8-9(13)5-7-12(2)6-3-4-10(14)11(8)12/h8,10-11,14H,3-7H2,1-2H3. The summed E-state index contributed by atoms with van der Waals surface area (Å²) in [5.41, 5.74) is 0.227. The van der Waals surface area contributed by atoms with Crippen LogP contribution in [-0.2, 0) is 4.79 Å². The SMILES string of the molecule is CC1C(=O)CCC2(C)CCCC(O)C12. The fourth-order valence-corrected chi connectivity index (χ4v) is 3.59. The number of carbonyl (C=O) groups is 1. The zero-order valence-electron chi connectivity index (χ0n) is 9.12. The van der Waals surface area contributed by atoms with Gasteiger partial charge in [-0.15, -0.1) is 0 Å². The van der Waals surface area contributed by atoms with E-state index in [1.807, 2.05) is 6.92 Å². The molecule has 0 spiro atoms. The van der Waals surface area contributed by atoms with Crippen LogP contribution in [0.2, 0.25) is 0 Å². The third-order valence-electron chi connectivity index (χ3n) is 4.46. The first-order valence-electron chi connectivity index (χ1n) is 5.75. The Morgan fingerprint density at radius 3 is 2.86 bits per heavy atom. The van der Waals surface area contributed by atoms with E-state index in [0.717, 1.165) is 25.7 Å². The summed E-state index contributed by atoms with van der Waals surface area (Å²) in [6.07, 6.45) is 4.66. The normalized spacial score (nSPS) is 48.8. The van der Waals surface area contributed by atoms with Gasteiger partial charge >= 0.3 is 0 Å². The van der Waals surface area contributed by atoms with Crippen LogP contribution in [0.4, 0.5) is 0 Å². The molecular weight excluding hydrogens is 176 g/mol. The molecular formula is C12H20O2. The summed E-state index contributed by atoms with van der Waals surface area (Å²) in [7, 11) is 0. The van der Waals surface area contributed by atoms with Gasteiger partial charge in [0.25, 0.3) is 0 Å². The highest BCUT2D eigenvalue weighted by Gasteiger charge is 2.48. The van der Waals surface area contributed by atoms with Gasteiger partial charge in [0, 0.05) is 12.3 Å². The maximum absolute atomic E-state index is 11.6. The van der Waals surface area contributed by atoms with Crippen LogP contribution in [0.15, 0.2) is 0 Å². The number of hydrogen-bond donors (Lipinski definition) is 1. The minimum Gasteiger partial charge on any atom is -0.393 e. The molecule has 4 atom stereocenters. The van der Waals surface area contributed by atoms with Crippen LogP contribution >= 0.6 is 0 Å². The van der Waals surface area contributed by atoms with E-state index >= 15 is 0 Å². The van der Waals surface area contributed by atoms with Gasteiger partial charge in [-0.3, -0.25) is 4.79 Å². The van der Waals surface area contributed by atoms with Crippen molar-refractivity contribution in [3.05, 3.63) is 0 Å². The molecule has 0 aromatic carbocycles. The number of aliphatic hydroxyl groups is 1. The first kappa shape index (κ1) is 10.2. The lowest BCUT2D eigenvalue weighted by Crippen LogP contribution is -2.49. The minimum atomic E-state index is -0.243. The molecule has 0 aliphatic heterocycles. The molecule has 0 amide bonds. The van der Waals surface area contributed by atoms with Crippen LogP contribution in [0.25, 0.3) is 0 Å². The minimum absolute atomic E-state index is 0.0732. The van der Waals surface area contributed by atoms with Crippen LogP contribution in [-0.4, -0.2) is 17.0 Å². The molecule has 2 rings (SSSR count). The molecule has 2 aliphatic carbocycles. The monoisotopic (exact) mass is 196 g/mol. The van der Waals surface area contributed by atoms with Crippen LogP contribution in [0.3, 0.4) is 0 Å². The Balaban J connectivity index is 2.26. The molecule has 0 heterocycles. The molecule has 0 bridgehead atoms. The summed E-state index contributed by atoms with van der Waals surface area (Å²) in [5, 5.41) is 10.0. The van der Waals surface area contributed by atoms with Gasteiger partial charge in [-0.1, -0.05) is 20.3 Å². The molecule has 2 fully saturated rings. The van der Waals surface area contributed by atoms with Crippen LogP contribution < -0.4 is 0 Å². The van der Waals surface area contributed by atoms with Gasteiger partial charge < -0.3 is 5.11 Å². The van der Waals surface area contributed by atoms with Gasteiger partial charge in [0.15, 0.2) is 0 Å². The highest BCUT2D eigenvalue weighted by atomic mass is 16.3. The number of ketones is 1. The van der Waals surface area contributed by atoms with Crippen molar-refractivity contribution < 1.29 is 9.90 Å². The van der Waals surface area contributed by atoms with Gasteiger partial charge in [-0.2, -0.15) is 0 Å². The zero-order chi connectivity index (χ0) is 10.3. The largest absolute Gasteiger partial charge is 0.393 e. The molecule has 0 saturated heterocycles. The Bertz CT molecular complexity index is 249. The van der Waals surface area contributed by atoms with Gasteiger partial charge in [-0.05, 0) is 30.6 Å². The van der Waals surface area contributed by atoms with E-state index in [1.165, 1.54) is 6.42 Å². The zero-order valence-corrected chi connectivity index (χ0v) is 9.12. The molecule has 0 radical (unpaired) electrons. The van der Waals surface area contributed by atoms with Gasteiger partial charge in [0.2, 0.25) is 0 Å². The average Bonchev–Trinajstić information content (AvgIpc) is 2.12. The highest BCUT2D eigenvalue weighted by molar-refractivity contribution is 5.82. The molecule has 2 nitrogen and oxygen atoms in total. The van der Waals surface area contributed by atoms with E-state index in [4.69, 9.17) is 0 Å². The van der Waals surface area contributed by atoms with Crippen molar-refractivity contribution in [3.63, 3.8) is 0 Å². The Kier molecular flexibility index (Phi) is 2.42. The first-order valence-corrected chi connectivity index (χ1v) is 5.75. The van der Waals surface area contributed by atoms with E-state index < -0.39 is 0 Å². The lowest BCUT2D eigenvalue weighted by molar-refractivity contribution is -0.140. The lowest BCUT2D eigenvalue weighted by Gasteiger charge is -2.50. The number of rotatable bonds is 0. The van der Waals surface area contributed by atoms with E-state index in [-0.39, 0.29) is 23.4 Å². The Morgan fingerprint density at radius 1 is 1.43 bits per heavy atom. The number of Topliss-reactive ketones (excluding diaryl/α,β-unsaturated/α-hetero) is 1. The summed E-state index contributed by atoms with van der Waals surface area (Å²) in [4.78, 5) is 11.6. The maximum Gasteiger partial charge on any atom is 0.136 e. The van der Waals surface area contributed by atoms with Gasteiger partial charge in [0.05, 0.1) is 6.10 Å². The summed E-state index contributed by atoms with van der Waals surface area (Å²) < 4.78 is 0. The second-order valence-electron chi connectivity index (χ2n) is 5.39. The van der Waals surface area contributed by atoms with Crippen molar-refractivity contribution in [2.45, 2.75) is 52.1 Å². The summed E-state index contributed by atoms with van der Waals surface area (Å²) in [6, 6.07) is 0. The Morgan fingerprint density at radius 2 is 2.14 bits per heavy atom. The van der Waals surface area contributed by atoms with Crippen molar-refractivity contribution in [2.75, 3.05) is 0 Å². The lowest BCUT2D eigenvalue weighted by atomic mass is 9.56. The van der Waals surface area contributed by atoms with E-state index in [9.17, 15) is 9.90 Å². The molecule has 4 unspecified atom stereocenters. The summed E-state index contributed by atoms with van der Waals surface area (Å²) >= 11 is 0. The average molecular weight is 196 g/mol. The number of aliphatic hydroxyl groups excluding tert-OH is 1. The number of carbonyl (C=O) groups excluding carboxylic acids is 1. The third kappa shape index (κ3) is 1.40. The predicted octanol–water partition coefficient (Wildman–Crippen LogP) is 2.15. The fourth-order valence-electron chi connectivity index (χ4n) is 3.59. The topological polar surface area (TPSA) is 37.3 Å². The molecule has 0 aromatic heterocycles. The van der Waals surface area contributed by atoms with E-state index in [2.05, 4.69) is 6.92 Å². The van der Waals surface area contributed by atoms with E-state index in [1.54, 1.807) is 0 Å². The van der Waals surface area contributed by atoms with Crippen molar-refractivity contribution in [1.82, 2.24) is 0 Å². The smallest absolute Gasteiger partial charge is 0.136 e. The van der Waals surface area contributed by atoms with Gasteiger partial charge in [-0.25, -0.2) is 0 Å². The predicted molar refractivity (Wildman–Crippen MR) is 54.9 cm³/mol. The number of hydrogen-bond acceptors (Lipinski definition) is 2. The second-order valence-corrected chi connectivity index (χ2v) is 5.39. The third-order valence-corrected chi connectivity index (χ3v) is 4.46. The molecule has 0 aromatic rings. The Labute approximate surface area is 85.7 Å².